The Bertz CT molecular complexity index is 941. The molecule has 0 aliphatic heterocycles. The van der Waals surface area contributed by atoms with Crippen molar-refractivity contribution in [2.75, 3.05) is 29.5 Å². The summed E-state index contributed by atoms with van der Waals surface area (Å²) < 4.78 is 30.7. The Morgan fingerprint density at radius 2 is 1.81 bits per heavy atom. The third-order valence-corrected chi connectivity index (χ3v) is 5.03. The van der Waals surface area contributed by atoms with E-state index in [0.29, 0.717) is 22.7 Å². The quantitative estimate of drug-likeness (QED) is 0.700. The minimum absolute atomic E-state index is 0.0442. The van der Waals surface area contributed by atoms with Crippen LogP contribution >= 0.6 is 0 Å². The Hall–Kier alpha value is -2.87. The van der Waals surface area contributed by atoms with Gasteiger partial charge in [0.05, 0.1) is 19.1 Å². The summed E-state index contributed by atoms with van der Waals surface area (Å²) in [6, 6.07) is 13.3. The number of methoxy groups -OCH3 is 1. The maximum Gasteiger partial charge on any atom is 0.232 e. The Kier molecular flexibility index (Phi) is 6.57. The second-order valence-corrected chi connectivity index (χ2v) is 7.85. The number of nitrogens with zero attached hydrogens (tertiary/aromatic N) is 1. The van der Waals surface area contributed by atoms with Gasteiger partial charge in [-0.1, -0.05) is 24.3 Å². The van der Waals surface area contributed by atoms with Crippen LogP contribution in [0, 0.1) is 0 Å². The lowest BCUT2D eigenvalue weighted by Gasteiger charge is -2.24. The third kappa shape index (κ3) is 5.55. The first-order chi connectivity index (χ1) is 12.7. The van der Waals surface area contributed by atoms with Gasteiger partial charge in [-0.25, -0.2) is 8.42 Å². The Balaban J connectivity index is 2.12. The molecular weight excluding hydrogens is 368 g/mol. The number of sulfonamides is 1. The second-order valence-electron chi connectivity index (χ2n) is 5.94. The first-order valence-electron chi connectivity index (χ1n) is 8.24. The monoisotopic (exact) mass is 390 g/mol. The van der Waals surface area contributed by atoms with Crippen molar-refractivity contribution in [2.45, 2.75) is 13.3 Å². The number of rotatable bonds is 8. The summed E-state index contributed by atoms with van der Waals surface area (Å²) in [5.74, 6) is -0.0673. The number of carbonyl (C=O) groups excluding carboxylic acids is 2. The lowest BCUT2D eigenvalue weighted by atomic mass is 10.1. The standard InChI is InChI=1S/C19H22N2O5S/c1-14(22)15-7-6-8-16(13-15)20-19(23)11-12-21(27(3,24)25)17-9-4-5-10-18(17)26-2/h4-10,13H,11-12H2,1-3H3,(H,20,23). The molecular formula is C19H22N2O5S. The van der Waals surface area contributed by atoms with Crippen molar-refractivity contribution in [1.82, 2.24) is 0 Å². The van der Waals surface area contributed by atoms with E-state index in [1.807, 2.05) is 0 Å². The molecule has 0 spiro atoms. The van der Waals surface area contributed by atoms with Crippen LogP contribution in [-0.4, -0.2) is 40.0 Å². The molecule has 0 saturated carbocycles. The van der Waals surface area contributed by atoms with Gasteiger partial charge in [0.25, 0.3) is 0 Å². The highest BCUT2D eigenvalue weighted by Gasteiger charge is 2.21. The van der Waals surface area contributed by atoms with Gasteiger partial charge in [0.1, 0.15) is 5.75 Å². The molecule has 0 saturated heterocycles. The highest BCUT2D eigenvalue weighted by Crippen LogP contribution is 2.29. The number of carbonyl (C=O) groups is 2. The van der Waals surface area contributed by atoms with Crippen molar-refractivity contribution in [3.63, 3.8) is 0 Å². The van der Waals surface area contributed by atoms with Gasteiger partial charge < -0.3 is 10.1 Å². The van der Waals surface area contributed by atoms with E-state index in [0.717, 1.165) is 10.6 Å². The summed E-state index contributed by atoms with van der Waals surface area (Å²) >= 11 is 0. The van der Waals surface area contributed by atoms with Crippen molar-refractivity contribution in [3.05, 3.63) is 54.1 Å². The second kappa shape index (κ2) is 8.68. The number of nitrogens with one attached hydrogen (secondary N) is 1. The molecule has 27 heavy (non-hydrogen) atoms. The Morgan fingerprint density at radius 3 is 2.44 bits per heavy atom. The maximum atomic E-state index is 12.3. The van der Waals surface area contributed by atoms with E-state index in [4.69, 9.17) is 4.74 Å². The first kappa shape index (κ1) is 20.4. The Labute approximate surface area is 159 Å². The number of hydrogen-bond acceptors (Lipinski definition) is 5. The molecule has 2 aromatic carbocycles. The fourth-order valence-corrected chi connectivity index (χ4v) is 3.47. The summed E-state index contributed by atoms with van der Waals surface area (Å²) in [6.07, 6.45) is 1.02. The van der Waals surface area contributed by atoms with Crippen LogP contribution in [0.2, 0.25) is 0 Å². The van der Waals surface area contributed by atoms with Crippen LogP contribution in [0.25, 0.3) is 0 Å². The van der Waals surface area contributed by atoms with Gasteiger partial charge in [-0.3, -0.25) is 13.9 Å². The van der Waals surface area contributed by atoms with Crippen molar-refractivity contribution < 1.29 is 22.7 Å². The Morgan fingerprint density at radius 1 is 1.11 bits per heavy atom. The molecule has 1 amide bonds. The number of benzene rings is 2. The van der Waals surface area contributed by atoms with Crippen LogP contribution in [0.5, 0.6) is 5.75 Å². The van der Waals surface area contributed by atoms with Crippen molar-refractivity contribution in [2.24, 2.45) is 0 Å². The van der Waals surface area contributed by atoms with Crippen LogP contribution in [0.15, 0.2) is 48.5 Å². The molecule has 0 aliphatic carbocycles. The molecule has 0 fully saturated rings. The van der Waals surface area contributed by atoms with Crippen molar-refractivity contribution in [3.8, 4) is 5.75 Å². The van der Waals surface area contributed by atoms with Gasteiger partial charge in [-0.05, 0) is 31.2 Å². The van der Waals surface area contributed by atoms with E-state index in [1.54, 1.807) is 48.5 Å². The summed E-state index contributed by atoms with van der Waals surface area (Å²) in [7, 11) is -2.16. The number of ether oxygens (including phenoxy) is 1. The van der Waals surface area contributed by atoms with Gasteiger partial charge in [0, 0.05) is 24.2 Å². The summed E-state index contributed by atoms with van der Waals surface area (Å²) in [5.41, 5.74) is 1.34. The van der Waals surface area contributed by atoms with E-state index in [1.165, 1.54) is 14.0 Å². The fourth-order valence-electron chi connectivity index (χ4n) is 2.54. The zero-order valence-corrected chi connectivity index (χ0v) is 16.2. The van der Waals surface area contributed by atoms with Gasteiger partial charge in [0.15, 0.2) is 5.78 Å². The number of ketones is 1. The average molecular weight is 390 g/mol. The number of hydrogen-bond donors (Lipinski definition) is 1. The molecule has 0 unspecified atom stereocenters. The molecule has 7 nitrogen and oxygen atoms in total. The van der Waals surface area contributed by atoms with Crippen LogP contribution in [0.1, 0.15) is 23.7 Å². The number of anilines is 2. The maximum absolute atomic E-state index is 12.3. The zero-order chi connectivity index (χ0) is 20.0. The summed E-state index contributed by atoms with van der Waals surface area (Å²) in [5, 5.41) is 2.68. The van der Waals surface area contributed by atoms with Crippen LogP contribution in [-0.2, 0) is 14.8 Å². The lowest BCUT2D eigenvalue weighted by Crippen LogP contribution is -2.33. The van der Waals surface area contributed by atoms with Gasteiger partial charge in [-0.15, -0.1) is 0 Å². The number of Topliss-reactive ketones (excluding diaryl/α,β-unsaturated/α-hetero) is 1. The number of para-hydroxylation sites is 2. The van der Waals surface area contributed by atoms with E-state index >= 15 is 0 Å². The van der Waals surface area contributed by atoms with E-state index in [2.05, 4.69) is 5.32 Å². The average Bonchev–Trinajstić information content (AvgIpc) is 2.61. The van der Waals surface area contributed by atoms with Gasteiger partial charge in [-0.2, -0.15) is 0 Å². The van der Waals surface area contributed by atoms with E-state index in [9.17, 15) is 18.0 Å². The fraction of sp³-hybridized carbons (Fsp3) is 0.263. The molecule has 0 bridgehead atoms. The lowest BCUT2D eigenvalue weighted by molar-refractivity contribution is -0.116. The van der Waals surface area contributed by atoms with Crippen LogP contribution < -0.4 is 14.4 Å². The summed E-state index contributed by atoms with van der Waals surface area (Å²) in [4.78, 5) is 23.7. The van der Waals surface area contributed by atoms with Crippen LogP contribution in [0.4, 0.5) is 11.4 Å². The molecule has 144 valence electrons. The number of amides is 1. The zero-order valence-electron chi connectivity index (χ0n) is 15.4. The first-order valence-corrected chi connectivity index (χ1v) is 10.1. The van der Waals surface area contributed by atoms with Gasteiger partial charge in [0.2, 0.25) is 15.9 Å². The van der Waals surface area contributed by atoms with Gasteiger partial charge >= 0.3 is 0 Å². The molecule has 0 heterocycles. The molecule has 0 aliphatic rings. The van der Waals surface area contributed by atoms with Crippen LogP contribution in [0.3, 0.4) is 0 Å². The highest BCUT2D eigenvalue weighted by atomic mass is 32.2. The summed E-state index contributed by atoms with van der Waals surface area (Å²) in [6.45, 7) is 1.40. The topological polar surface area (TPSA) is 92.8 Å². The largest absolute Gasteiger partial charge is 0.495 e. The molecule has 0 atom stereocenters. The predicted molar refractivity (Wildman–Crippen MR) is 105 cm³/mol. The molecule has 0 aromatic heterocycles. The van der Waals surface area contributed by atoms with E-state index in [-0.39, 0.29) is 24.7 Å². The highest BCUT2D eigenvalue weighted by molar-refractivity contribution is 7.92. The smallest absolute Gasteiger partial charge is 0.232 e. The van der Waals surface area contributed by atoms with Crippen molar-refractivity contribution >= 4 is 33.1 Å². The predicted octanol–water partition coefficient (Wildman–Crippen LogP) is 2.69. The normalized spacial score (nSPS) is 10.9. The molecule has 8 heteroatoms. The third-order valence-electron chi connectivity index (χ3n) is 3.85. The molecule has 2 rings (SSSR count). The SMILES string of the molecule is COc1ccccc1N(CCC(=O)Nc1cccc(C(C)=O)c1)S(C)(=O)=O. The molecule has 2 aromatic rings. The molecule has 0 radical (unpaired) electrons. The minimum atomic E-state index is -3.61. The molecule has 1 N–H and O–H groups in total. The van der Waals surface area contributed by atoms with Crippen molar-refractivity contribution in [1.29, 1.82) is 0 Å². The van der Waals surface area contributed by atoms with E-state index < -0.39 is 10.0 Å². The minimum Gasteiger partial charge on any atom is -0.495 e.